The monoisotopic (exact) mass is 569 g/mol. The zero-order valence-corrected chi connectivity index (χ0v) is 22.1. The summed E-state index contributed by atoms with van der Waals surface area (Å²) in [5.41, 5.74) is 1.14. The number of furan rings is 1. The summed E-state index contributed by atoms with van der Waals surface area (Å²) in [5, 5.41) is 0.469. The first-order valence-electron chi connectivity index (χ1n) is 12.7. The second-order valence-electron chi connectivity index (χ2n) is 9.50. The van der Waals surface area contributed by atoms with Crippen molar-refractivity contribution in [2.75, 3.05) is 6.54 Å². The van der Waals surface area contributed by atoms with Crippen LogP contribution in [0, 0.1) is 0 Å². The summed E-state index contributed by atoms with van der Waals surface area (Å²) in [6, 6.07) is 19.5. The summed E-state index contributed by atoms with van der Waals surface area (Å²) in [6.07, 6.45) is -0.102. The maximum absolute atomic E-state index is 13.4. The Bertz CT molecular complexity index is 1610. The van der Waals surface area contributed by atoms with E-state index in [0.29, 0.717) is 28.7 Å². The highest BCUT2D eigenvalue weighted by molar-refractivity contribution is 7.89. The summed E-state index contributed by atoms with van der Waals surface area (Å²) >= 11 is 0. The Morgan fingerprint density at radius 1 is 0.950 bits per heavy atom. The number of benzene rings is 3. The molecule has 0 saturated carbocycles. The Balaban J connectivity index is 1.22. The molecule has 5 rings (SSSR count). The van der Waals surface area contributed by atoms with Crippen molar-refractivity contribution in [2.45, 2.75) is 43.2 Å². The average molecular weight is 570 g/mol. The number of halogens is 3. The Morgan fingerprint density at radius 2 is 1.73 bits per heavy atom. The quantitative estimate of drug-likeness (QED) is 0.214. The second-order valence-corrected chi connectivity index (χ2v) is 11.3. The maximum Gasteiger partial charge on any atom is 0.416 e. The molecule has 6 nitrogen and oxygen atoms in total. The molecule has 3 aromatic carbocycles. The number of aryl methyl sites for hydroxylation is 1. The summed E-state index contributed by atoms with van der Waals surface area (Å²) in [7, 11) is -4.04. The van der Waals surface area contributed by atoms with Gasteiger partial charge in [-0.15, -0.1) is 0 Å². The van der Waals surface area contributed by atoms with Crippen molar-refractivity contribution in [3.63, 3.8) is 0 Å². The van der Waals surface area contributed by atoms with E-state index in [-0.39, 0.29) is 36.9 Å². The maximum atomic E-state index is 13.4. The Hall–Kier alpha value is -3.89. The smallest absolute Gasteiger partial charge is 0.416 e. The largest absolute Gasteiger partial charge is 0.489 e. The van der Waals surface area contributed by atoms with Crippen LogP contribution in [0.15, 0.2) is 101 Å². The number of ether oxygens (including phenoxy) is 1. The van der Waals surface area contributed by atoms with Gasteiger partial charge in [-0.2, -0.15) is 17.5 Å². The third-order valence-corrected chi connectivity index (χ3v) is 8.47. The molecule has 0 unspecified atom stereocenters. The summed E-state index contributed by atoms with van der Waals surface area (Å²) in [6.45, 7) is 0.159. The first kappa shape index (κ1) is 27.7. The first-order chi connectivity index (χ1) is 19.1. The van der Waals surface area contributed by atoms with Crippen molar-refractivity contribution >= 4 is 26.8 Å². The molecule has 0 spiro atoms. The highest BCUT2D eigenvalue weighted by atomic mass is 32.2. The molecule has 1 aliphatic rings. The molecule has 10 heteroatoms. The van der Waals surface area contributed by atoms with Crippen LogP contribution in [0.25, 0.3) is 11.0 Å². The summed E-state index contributed by atoms with van der Waals surface area (Å²) in [5.74, 6) is 0.305. The molecule has 0 radical (unpaired) electrons. The fourth-order valence-electron chi connectivity index (χ4n) is 4.59. The van der Waals surface area contributed by atoms with Gasteiger partial charge in [-0.1, -0.05) is 54.6 Å². The highest BCUT2D eigenvalue weighted by Gasteiger charge is 2.37. The third kappa shape index (κ3) is 6.13. The molecule has 40 heavy (non-hydrogen) atoms. The SMILES string of the molecule is O=C(CCc1cccc(OCc2ccc(C(F)(F)F)cc2)c1)[C@@H]1CC=CCN1S(=O)(=O)c1cc2ccccc2o1. The van der Waals surface area contributed by atoms with E-state index >= 15 is 0 Å². The van der Waals surface area contributed by atoms with Gasteiger partial charge in [0.15, 0.2) is 5.78 Å². The number of carbonyl (C=O) groups is 1. The van der Waals surface area contributed by atoms with E-state index in [0.717, 1.165) is 17.7 Å². The van der Waals surface area contributed by atoms with Crippen LogP contribution in [-0.4, -0.2) is 31.1 Å². The van der Waals surface area contributed by atoms with Crippen molar-refractivity contribution < 1.29 is 35.5 Å². The minimum Gasteiger partial charge on any atom is -0.489 e. The van der Waals surface area contributed by atoms with Crippen LogP contribution in [0.5, 0.6) is 5.75 Å². The normalized spacial score (nSPS) is 16.3. The number of carbonyl (C=O) groups excluding carboxylic acids is 1. The van der Waals surface area contributed by atoms with E-state index in [9.17, 15) is 26.4 Å². The van der Waals surface area contributed by atoms with Gasteiger partial charge in [-0.3, -0.25) is 4.79 Å². The van der Waals surface area contributed by atoms with Crippen LogP contribution in [0.2, 0.25) is 0 Å². The molecule has 0 saturated heterocycles. The Morgan fingerprint density at radius 3 is 2.48 bits per heavy atom. The fraction of sp³-hybridized carbons (Fsp3) is 0.233. The molecule has 4 aromatic rings. The number of hydrogen-bond acceptors (Lipinski definition) is 5. The van der Waals surface area contributed by atoms with Crippen LogP contribution in [-0.2, 0) is 34.0 Å². The average Bonchev–Trinajstić information content (AvgIpc) is 3.40. The second kappa shape index (κ2) is 11.3. The molecule has 1 aromatic heterocycles. The zero-order chi connectivity index (χ0) is 28.3. The van der Waals surface area contributed by atoms with Gasteiger partial charge in [0.2, 0.25) is 5.09 Å². The van der Waals surface area contributed by atoms with Gasteiger partial charge in [-0.05, 0) is 54.3 Å². The first-order valence-corrected chi connectivity index (χ1v) is 14.1. The standard InChI is InChI=1S/C30H26F3NO5S/c31-30(32,33)24-14-11-22(12-15-24)20-38-25-8-5-6-21(18-25)13-16-27(35)26-9-3-4-17-34(26)40(36,37)29-19-23-7-1-2-10-28(23)39-29/h1-8,10-12,14-15,18-19,26H,9,13,16-17,20H2/t26-/m0/s1. The highest BCUT2D eigenvalue weighted by Crippen LogP contribution is 2.30. The number of Topliss-reactive ketones (excluding diaryl/α,β-unsaturated/α-hetero) is 1. The van der Waals surface area contributed by atoms with Crippen molar-refractivity contribution in [1.82, 2.24) is 4.31 Å². The molecule has 1 aliphatic heterocycles. The molecular formula is C30H26F3NO5S. The van der Waals surface area contributed by atoms with Crippen LogP contribution < -0.4 is 4.74 Å². The number of para-hydroxylation sites is 1. The van der Waals surface area contributed by atoms with Gasteiger partial charge >= 0.3 is 6.18 Å². The zero-order valence-electron chi connectivity index (χ0n) is 21.3. The van der Waals surface area contributed by atoms with Crippen molar-refractivity contribution in [1.29, 1.82) is 0 Å². The lowest BCUT2D eigenvalue weighted by Gasteiger charge is -2.30. The van der Waals surface area contributed by atoms with Crippen molar-refractivity contribution in [3.05, 3.63) is 108 Å². The van der Waals surface area contributed by atoms with E-state index in [4.69, 9.17) is 9.15 Å². The van der Waals surface area contributed by atoms with Crippen LogP contribution in [0.1, 0.15) is 29.5 Å². The van der Waals surface area contributed by atoms with E-state index in [1.165, 1.54) is 22.5 Å². The van der Waals surface area contributed by atoms with E-state index in [1.54, 1.807) is 48.5 Å². The summed E-state index contributed by atoms with van der Waals surface area (Å²) in [4.78, 5) is 13.2. The molecule has 1 atom stereocenters. The number of hydrogen-bond donors (Lipinski definition) is 0. The molecule has 0 fully saturated rings. The number of rotatable bonds is 9. The van der Waals surface area contributed by atoms with E-state index in [1.807, 2.05) is 12.1 Å². The number of alkyl halides is 3. The molecule has 0 bridgehead atoms. The topological polar surface area (TPSA) is 76.8 Å². The number of ketones is 1. The Kier molecular flexibility index (Phi) is 7.82. The van der Waals surface area contributed by atoms with Crippen LogP contribution >= 0.6 is 0 Å². The minimum absolute atomic E-state index is 0.0725. The number of fused-ring (bicyclic) bond motifs is 1. The van der Waals surface area contributed by atoms with E-state index in [2.05, 4.69) is 0 Å². The predicted molar refractivity (Wildman–Crippen MR) is 143 cm³/mol. The lowest BCUT2D eigenvalue weighted by atomic mass is 9.99. The van der Waals surface area contributed by atoms with Gasteiger partial charge in [0.05, 0.1) is 11.6 Å². The minimum atomic E-state index is -4.40. The third-order valence-electron chi connectivity index (χ3n) is 6.74. The molecular weight excluding hydrogens is 543 g/mol. The molecule has 208 valence electrons. The molecule has 0 amide bonds. The fourth-order valence-corrected chi connectivity index (χ4v) is 6.11. The molecule has 0 N–H and O–H groups in total. The van der Waals surface area contributed by atoms with Crippen molar-refractivity contribution in [2.24, 2.45) is 0 Å². The van der Waals surface area contributed by atoms with Gasteiger partial charge in [0.1, 0.15) is 17.9 Å². The van der Waals surface area contributed by atoms with Crippen LogP contribution in [0.3, 0.4) is 0 Å². The van der Waals surface area contributed by atoms with Gasteiger partial charge in [-0.25, -0.2) is 8.42 Å². The van der Waals surface area contributed by atoms with Gasteiger partial charge in [0, 0.05) is 24.4 Å². The van der Waals surface area contributed by atoms with Gasteiger partial charge < -0.3 is 9.15 Å². The van der Waals surface area contributed by atoms with Crippen molar-refractivity contribution in [3.8, 4) is 5.75 Å². The van der Waals surface area contributed by atoms with Gasteiger partial charge in [0.25, 0.3) is 10.0 Å². The van der Waals surface area contributed by atoms with Crippen LogP contribution in [0.4, 0.5) is 13.2 Å². The lowest BCUT2D eigenvalue weighted by Crippen LogP contribution is -2.46. The molecule has 0 aliphatic carbocycles. The predicted octanol–water partition coefficient (Wildman–Crippen LogP) is 6.55. The van der Waals surface area contributed by atoms with E-state index < -0.39 is 27.8 Å². The number of sulfonamides is 1. The number of nitrogens with zero attached hydrogens (tertiary/aromatic N) is 1. The lowest BCUT2D eigenvalue weighted by molar-refractivity contribution is -0.137. The Labute approximate surface area is 229 Å². The summed E-state index contributed by atoms with van der Waals surface area (Å²) < 4.78 is 77.7. The molecule has 2 heterocycles.